The largest absolute Gasteiger partial charge is 0.493 e. The van der Waals surface area contributed by atoms with Crippen LogP contribution in [0.25, 0.3) is 6.08 Å². The number of imide groups is 2. The highest BCUT2D eigenvalue weighted by molar-refractivity contribution is 6.39. The van der Waals surface area contributed by atoms with Crippen molar-refractivity contribution in [2.24, 2.45) is 0 Å². The minimum absolute atomic E-state index is 0.0737. The number of carbonyl (C=O) groups is 3. The lowest BCUT2D eigenvalue weighted by Gasteiger charge is -2.26. The van der Waals surface area contributed by atoms with Crippen LogP contribution in [0.15, 0.2) is 42.0 Å². The monoisotopic (exact) mass is 442 g/mol. The van der Waals surface area contributed by atoms with Crippen molar-refractivity contribution >= 4 is 41.2 Å². The van der Waals surface area contributed by atoms with Crippen molar-refractivity contribution in [1.29, 1.82) is 0 Å². The number of hydrogen-bond acceptors (Lipinski definition) is 5. The van der Waals surface area contributed by atoms with Crippen LogP contribution in [0.4, 0.5) is 10.5 Å². The van der Waals surface area contributed by atoms with Gasteiger partial charge in [0.25, 0.3) is 11.8 Å². The van der Waals surface area contributed by atoms with Gasteiger partial charge in [0.2, 0.25) is 0 Å². The molecule has 0 saturated carbocycles. The molecule has 3 rings (SSSR count). The molecule has 1 unspecified atom stereocenters. The normalized spacial score (nSPS) is 16.4. The van der Waals surface area contributed by atoms with Crippen molar-refractivity contribution in [2.45, 2.75) is 33.3 Å². The molecular formula is C23H23ClN2O5. The first kappa shape index (κ1) is 22.4. The van der Waals surface area contributed by atoms with E-state index in [1.165, 1.54) is 13.2 Å². The number of benzene rings is 2. The second-order valence-corrected chi connectivity index (χ2v) is 7.57. The number of ether oxygens (including phenoxy) is 2. The second kappa shape index (κ2) is 9.22. The van der Waals surface area contributed by atoms with Gasteiger partial charge in [0.05, 0.1) is 23.9 Å². The third-order valence-corrected chi connectivity index (χ3v) is 5.13. The number of anilines is 1. The molecule has 0 radical (unpaired) electrons. The maximum atomic E-state index is 13.0. The van der Waals surface area contributed by atoms with Crippen molar-refractivity contribution in [3.63, 3.8) is 0 Å². The predicted octanol–water partition coefficient (Wildman–Crippen LogP) is 4.50. The van der Waals surface area contributed by atoms with Crippen LogP contribution in [0.2, 0.25) is 5.02 Å². The number of rotatable bonds is 6. The topological polar surface area (TPSA) is 84.9 Å². The number of carbonyl (C=O) groups excluding carboxylic acids is 3. The molecule has 0 spiro atoms. The number of aryl methyl sites for hydroxylation is 1. The predicted molar refractivity (Wildman–Crippen MR) is 119 cm³/mol. The molecule has 0 aliphatic carbocycles. The highest BCUT2D eigenvalue weighted by Gasteiger charge is 2.36. The van der Waals surface area contributed by atoms with E-state index in [9.17, 15) is 14.4 Å². The highest BCUT2D eigenvalue weighted by Crippen LogP contribution is 2.38. The number of methoxy groups -OCH3 is 1. The van der Waals surface area contributed by atoms with E-state index in [0.717, 1.165) is 16.9 Å². The van der Waals surface area contributed by atoms with Crippen molar-refractivity contribution < 1.29 is 23.9 Å². The average Bonchev–Trinajstić information content (AvgIpc) is 2.73. The first-order valence-electron chi connectivity index (χ1n) is 9.77. The summed E-state index contributed by atoms with van der Waals surface area (Å²) in [6.45, 7) is 5.79. The molecule has 2 aromatic carbocycles. The first-order chi connectivity index (χ1) is 14.7. The van der Waals surface area contributed by atoms with Gasteiger partial charge in [0, 0.05) is 0 Å². The Kier molecular flexibility index (Phi) is 6.65. The number of nitrogens with one attached hydrogen (secondary N) is 1. The van der Waals surface area contributed by atoms with Gasteiger partial charge in [0.15, 0.2) is 11.5 Å². The highest BCUT2D eigenvalue weighted by atomic mass is 35.5. The lowest BCUT2D eigenvalue weighted by Crippen LogP contribution is -2.54. The summed E-state index contributed by atoms with van der Waals surface area (Å²) in [5.74, 6) is -0.757. The third-order valence-electron chi connectivity index (χ3n) is 4.85. The molecule has 2 aromatic rings. The molecule has 0 aromatic heterocycles. The van der Waals surface area contributed by atoms with Gasteiger partial charge >= 0.3 is 6.03 Å². The number of barbiturate groups is 1. The molecule has 1 atom stereocenters. The summed E-state index contributed by atoms with van der Waals surface area (Å²) in [7, 11) is 1.47. The second-order valence-electron chi connectivity index (χ2n) is 7.16. The summed E-state index contributed by atoms with van der Waals surface area (Å²) in [5, 5.41) is 2.48. The molecule has 0 bridgehead atoms. The molecule has 1 N–H and O–H groups in total. The Morgan fingerprint density at radius 2 is 1.84 bits per heavy atom. The van der Waals surface area contributed by atoms with E-state index >= 15 is 0 Å². The van der Waals surface area contributed by atoms with Crippen LogP contribution in [0.5, 0.6) is 11.5 Å². The van der Waals surface area contributed by atoms with Crippen molar-refractivity contribution in [1.82, 2.24) is 5.32 Å². The molecule has 1 fully saturated rings. The van der Waals surface area contributed by atoms with Gasteiger partial charge in [-0.05, 0) is 56.2 Å². The van der Waals surface area contributed by atoms with E-state index in [4.69, 9.17) is 21.1 Å². The summed E-state index contributed by atoms with van der Waals surface area (Å²) >= 11 is 6.38. The van der Waals surface area contributed by atoms with Gasteiger partial charge in [0.1, 0.15) is 5.57 Å². The fraction of sp³-hybridized carbons (Fsp3) is 0.261. The van der Waals surface area contributed by atoms with E-state index in [-0.39, 0.29) is 16.7 Å². The molecule has 162 valence electrons. The van der Waals surface area contributed by atoms with Gasteiger partial charge in [-0.3, -0.25) is 14.9 Å². The Hall–Kier alpha value is -3.32. The van der Waals surface area contributed by atoms with Crippen LogP contribution in [0.1, 0.15) is 31.4 Å². The van der Waals surface area contributed by atoms with E-state index in [1.54, 1.807) is 36.4 Å². The lowest BCUT2D eigenvalue weighted by atomic mass is 10.1. The molecule has 4 amide bonds. The zero-order valence-electron chi connectivity index (χ0n) is 17.7. The first-order valence-corrected chi connectivity index (χ1v) is 10.1. The van der Waals surface area contributed by atoms with Crippen molar-refractivity contribution in [3.05, 3.63) is 58.1 Å². The maximum Gasteiger partial charge on any atom is 0.335 e. The van der Waals surface area contributed by atoms with Gasteiger partial charge < -0.3 is 9.47 Å². The van der Waals surface area contributed by atoms with E-state index in [0.29, 0.717) is 22.7 Å². The Morgan fingerprint density at radius 1 is 1.16 bits per heavy atom. The van der Waals surface area contributed by atoms with Crippen molar-refractivity contribution in [3.8, 4) is 11.5 Å². The Morgan fingerprint density at radius 3 is 2.45 bits per heavy atom. The standard InChI is InChI=1S/C23H23ClN2O5/c1-5-14(3)31-20-18(24)11-15(12-19(20)30-4)10-17-21(27)25-23(29)26(22(17)28)16-8-6-13(2)7-9-16/h6-12,14H,5H2,1-4H3,(H,25,27,29). The Labute approximate surface area is 185 Å². The quantitative estimate of drug-likeness (QED) is 0.526. The molecule has 1 aliphatic rings. The van der Waals surface area contributed by atoms with Crippen LogP contribution in [0, 0.1) is 6.92 Å². The summed E-state index contributed by atoms with van der Waals surface area (Å²) in [4.78, 5) is 38.7. The number of halogens is 1. The minimum Gasteiger partial charge on any atom is -0.493 e. The van der Waals surface area contributed by atoms with Crippen LogP contribution < -0.4 is 19.7 Å². The summed E-state index contributed by atoms with van der Waals surface area (Å²) in [6, 6.07) is 9.21. The number of nitrogens with zero attached hydrogens (tertiary/aromatic N) is 1. The van der Waals surface area contributed by atoms with E-state index in [1.807, 2.05) is 20.8 Å². The SMILES string of the molecule is CCC(C)Oc1c(Cl)cc(C=C2C(=O)NC(=O)N(c3ccc(C)cc3)C2=O)cc1OC. The Balaban J connectivity index is 2.00. The lowest BCUT2D eigenvalue weighted by molar-refractivity contribution is -0.122. The fourth-order valence-corrected chi connectivity index (χ4v) is 3.24. The summed E-state index contributed by atoms with van der Waals surface area (Å²) in [6.07, 6.45) is 2.07. The van der Waals surface area contributed by atoms with Crippen LogP contribution in [0.3, 0.4) is 0 Å². The van der Waals surface area contributed by atoms with Crippen LogP contribution in [-0.4, -0.2) is 31.1 Å². The number of amides is 4. The van der Waals surface area contributed by atoms with E-state index < -0.39 is 17.8 Å². The van der Waals surface area contributed by atoms with Gasteiger partial charge in [-0.15, -0.1) is 0 Å². The summed E-state index contributed by atoms with van der Waals surface area (Å²) in [5.41, 5.74) is 1.59. The number of hydrogen-bond donors (Lipinski definition) is 1. The Bertz CT molecular complexity index is 1060. The van der Waals surface area contributed by atoms with Crippen LogP contribution >= 0.6 is 11.6 Å². The molecule has 8 heteroatoms. The summed E-state index contributed by atoms with van der Waals surface area (Å²) < 4.78 is 11.2. The fourth-order valence-electron chi connectivity index (χ4n) is 2.97. The number of urea groups is 1. The van der Waals surface area contributed by atoms with Gasteiger partial charge in [-0.1, -0.05) is 36.2 Å². The molecule has 1 aliphatic heterocycles. The van der Waals surface area contributed by atoms with Crippen molar-refractivity contribution in [2.75, 3.05) is 12.0 Å². The molecular weight excluding hydrogens is 420 g/mol. The minimum atomic E-state index is -0.802. The smallest absolute Gasteiger partial charge is 0.335 e. The molecule has 7 nitrogen and oxygen atoms in total. The zero-order valence-corrected chi connectivity index (χ0v) is 18.4. The maximum absolute atomic E-state index is 13.0. The van der Waals surface area contributed by atoms with Gasteiger partial charge in [-0.2, -0.15) is 0 Å². The molecule has 31 heavy (non-hydrogen) atoms. The molecule has 1 saturated heterocycles. The zero-order chi connectivity index (χ0) is 22.7. The molecule has 1 heterocycles. The van der Waals surface area contributed by atoms with Gasteiger partial charge in [-0.25, -0.2) is 9.69 Å². The van der Waals surface area contributed by atoms with E-state index in [2.05, 4.69) is 5.32 Å². The van der Waals surface area contributed by atoms with Crippen LogP contribution in [-0.2, 0) is 9.59 Å². The third kappa shape index (κ3) is 4.72. The average molecular weight is 443 g/mol.